The normalized spacial score (nSPS) is 9.00. The third-order valence-corrected chi connectivity index (χ3v) is 0.697. The van der Waals surface area contributed by atoms with E-state index in [0.29, 0.717) is 0 Å². The van der Waals surface area contributed by atoms with Crippen LogP contribution < -0.4 is 5.73 Å². The molecule has 0 unspecified atom stereocenters. The molecule has 0 aliphatic heterocycles. The van der Waals surface area contributed by atoms with Crippen LogP contribution in [0.3, 0.4) is 0 Å². The van der Waals surface area contributed by atoms with Gasteiger partial charge in [0.2, 0.25) is 0 Å². The van der Waals surface area contributed by atoms with Gasteiger partial charge in [0.1, 0.15) is 0 Å². The van der Waals surface area contributed by atoms with Crippen LogP contribution in [0, 0.1) is 6.42 Å². The van der Waals surface area contributed by atoms with E-state index in [0.717, 1.165) is 19.4 Å². The molecule has 0 aromatic carbocycles. The fourth-order valence-corrected chi connectivity index (χ4v) is 0.322. The van der Waals surface area contributed by atoms with Gasteiger partial charge < -0.3 is 5.73 Å². The van der Waals surface area contributed by atoms with Gasteiger partial charge in [-0.2, -0.15) is 0 Å². The first-order chi connectivity index (χ1) is 2.91. The molecule has 0 amide bonds. The number of hydrogen-bond donors (Lipinski definition) is 1. The van der Waals surface area contributed by atoms with E-state index in [1.165, 1.54) is 0 Å². The maximum absolute atomic E-state index is 5.19. The highest BCUT2D eigenvalue weighted by Crippen LogP contribution is 1.86. The Labute approximate surface area is 39.5 Å². The van der Waals surface area contributed by atoms with E-state index < -0.39 is 0 Å². The summed E-state index contributed by atoms with van der Waals surface area (Å²) in [6.07, 6.45) is 4.43. The van der Waals surface area contributed by atoms with Crippen molar-refractivity contribution >= 4 is 0 Å². The lowest BCUT2D eigenvalue weighted by atomic mass is 10.3. The van der Waals surface area contributed by atoms with Gasteiger partial charge in [-0.1, -0.05) is 6.92 Å². The summed E-state index contributed by atoms with van der Waals surface area (Å²) in [6, 6.07) is 0. The smallest absolute Gasteiger partial charge is 0.00772 e. The first-order valence-corrected chi connectivity index (χ1v) is 2.39. The van der Waals surface area contributed by atoms with Crippen LogP contribution in [0.2, 0.25) is 0 Å². The molecule has 0 bridgehead atoms. The summed E-state index contributed by atoms with van der Waals surface area (Å²) < 4.78 is 0. The minimum atomic E-state index is 0.824. The van der Waals surface area contributed by atoms with Gasteiger partial charge in [-0.3, -0.25) is 0 Å². The molecule has 2 N–H and O–H groups in total. The van der Waals surface area contributed by atoms with E-state index in [1.54, 1.807) is 0 Å². The van der Waals surface area contributed by atoms with E-state index in [2.05, 4.69) is 13.3 Å². The lowest BCUT2D eigenvalue weighted by molar-refractivity contribution is 0.819. The SMILES string of the molecule is C[CH]CCCN. The highest BCUT2D eigenvalue weighted by molar-refractivity contribution is 4.54. The van der Waals surface area contributed by atoms with Crippen molar-refractivity contribution in [1.29, 1.82) is 0 Å². The van der Waals surface area contributed by atoms with Crippen LogP contribution in [-0.2, 0) is 0 Å². The van der Waals surface area contributed by atoms with Crippen molar-refractivity contribution < 1.29 is 0 Å². The monoisotopic (exact) mass is 86.1 g/mol. The van der Waals surface area contributed by atoms with Crippen LogP contribution in [0.15, 0.2) is 0 Å². The Morgan fingerprint density at radius 3 is 2.50 bits per heavy atom. The van der Waals surface area contributed by atoms with Crippen LogP contribution in [-0.4, -0.2) is 6.54 Å². The van der Waals surface area contributed by atoms with Crippen molar-refractivity contribution in [2.45, 2.75) is 19.8 Å². The molecule has 0 aromatic rings. The third-order valence-electron chi connectivity index (χ3n) is 0.697. The Balaban J connectivity index is 2.34. The maximum Gasteiger partial charge on any atom is -0.00772 e. The zero-order valence-electron chi connectivity index (χ0n) is 4.28. The Bertz CT molecular complexity index is 15.9. The van der Waals surface area contributed by atoms with Gasteiger partial charge in [0, 0.05) is 0 Å². The first-order valence-electron chi connectivity index (χ1n) is 2.39. The molecule has 37 valence electrons. The van der Waals surface area contributed by atoms with Gasteiger partial charge in [-0.15, -0.1) is 0 Å². The Morgan fingerprint density at radius 1 is 1.67 bits per heavy atom. The van der Waals surface area contributed by atoms with Gasteiger partial charge in [0.25, 0.3) is 0 Å². The highest BCUT2D eigenvalue weighted by atomic mass is 14.5. The van der Waals surface area contributed by atoms with Crippen LogP contribution >= 0.6 is 0 Å². The van der Waals surface area contributed by atoms with Gasteiger partial charge >= 0.3 is 0 Å². The number of rotatable bonds is 3. The fraction of sp³-hybridized carbons (Fsp3) is 0.800. The van der Waals surface area contributed by atoms with Crippen LogP contribution in [0.25, 0.3) is 0 Å². The van der Waals surface area contributed by atoms with Gasteiger partial charge in [-0.25, -0.2) is 0 Å². The van der Waals surface area contributed by atoms with E-state index >= 15 is 0 Å². The average molecular weight is 86.2 g/mol. The van der Waals surface area contributed by atoms with E-state index in [9.17, 15) is 0 Å². The Hall–Kier alpha value is -0.0400. The molecule has 0 atom stereocenters. The lowest BCUT2D eigenvalue weighted by Crippen LogP contribution is -1.96. The molecule has 0 aliphatic rings. The summed E-state index contributed by atoms with van der Waals surface area (Å²) in [5.74, 6) is 0. The summed E-state index contributed by atoms with van der Waals surface area (Å²) in [4.78, 5) is 0. The Morgan fingerprint density at radius 2 is 2.33 bits per heavy atom. The number of hydrogen-bond acceptors (Lipinski definition) is 1. The maximum atomic E-state index is 5.19. The summed E-state index contributed by atoms with van der Waals surface area (Å²) in [7, 11) is 0. The van der Waals surface area contributed by atoms with Crippen molar-refractivity contribution in [3.8, 4) is 0 Å². The molecule has 1 heteroatoms. The van der Waals surface area contributed by atoms with E-state index in [4.69, 9.17) is 5.73 Å². The van der Waals surface area contributed by atoms with Crippen molar-refractivity contribution in [2.75, 3.05) is 6.54 Å². The predicted octanol–water partition coefficient (Wildman–Crippen LogP) is 0.949. The van der Waals surface area contributed by atoms with E-state index in [-0.39, 0.29) is 0 Å². The molecule has 0 saturated carbocycles. The molecule has 1 nitrogen and oxygen atoms in total. The second-order valence-corrected chi connectivity index (χ2v) is 1.34. The molecule has 0 heterocycles. The Kier molecular flexibility index (Phi) is 4.93. The molecule has 1 radical (unpaired) electrons. The van der Waals surface area contributed by atoms with Gasteiger partial charge in [0.15, 0.2) is 0 Å². The number of nitrogens with two attached hydrogens (primary N) is 1. The fourth-order valence-electron chi connectivity index (χ4n) is 0.322. The van der Waals surface area contributed by atoms with Crippen molar-refractivity contribution in [2.24, 2.45) is 5.73 Å². The van der Waals surface area contributed by atoms with Crippen LogP contribution in [0.4, 0.5) is 0 Å². The molecule has 0 saturated heterocycles. The minimum absolute atomic E-state index is 0.824. The lowest BCUT2D eigenvalue weighted by Gasteiger charge is -1.86. The summed E-state index contributed by atoms with van der Waals surface area (Å²) in [6.45, 7) is 2.88. The van der Waals surface area contributed by atoms with Gasteiger partial charge in [-0.05, 0) is 25.8 Å². The van der Waals surface area contributed by atoms with Gasteiger partial charge in [0.05, 0.1) is 0 Å². The van der Waals surface area contributed by atoms with Crippen molar-refractivity contribution in [3.63, 3.8) is 0 Å². The first kappa shape index (κ1) is 5.96. The third kappa shape index (κ3) is 3.96. The molecule has 0 rings (SSSR count). The largest absolute Gasteiger partial charge is 0.330 e. The summed E-state index contributed by atoms with van der Waals surface area (Å²) >= 11 is 0. The topological polar surface area (TPSA) is 26.0 Å². The molecular weight excluding hydrogens is 74.1 g/mol. The molecular formula is C5H12N. The van der Waals surface area contributed by atoms with Crippen molar-refractivity contribution in [3.05, 3.63) is 6.42 Å². The molecule has 0 spiro atoms. The van der Waals surface area contributed by atoms with E-state index in [1.807, 2.05) is 0 Å². The zero-order chi connectivity index (χ0) is 4.83. The summed E-state index contributed by atoms with van der Waals surface area (Å²) in [5, 5.41) is 0. The molecule has 0 aromatic heterocycles. The van der Waals surface area contributed by atoms with Crippen molar-refractivity contribution in [1.82, 2.24) is 0 Å². The minimum Gasteiger partial charge on any atom is -0.330 e. The quantitative estimate of drug-likeness (QED) is 0.508. The standard InChI is InChI=1S/C5H12N/c1-2-3-4-5-6/h2H,3-6H2,1H3. The highest BCUT2D eigenvalue weighted by Gasteiger charge is 1.75. The second kappa shape index (κ2) is 4.96. The zero-order valence-corrected chi connectivity index (χ0v) is 4.28. The molecule has 0 aliphatic carbocycles. The predicted molar refractivity (Wildman–Crippen MR) is 28.3 cm³/mol. The van der Waals surface area contributed by atoms with Crippen LogP contribution in [0.5, 0.6) is 0 Å². The van der Waals surface area contributed by atoms with Crippen LogP contribution in [0.1, 0.15) is 19.8 Å². The summed E-state index contributed by atoms with van der Waals surface area (Å²) in [5.41, 5.74) is 5.19. The second-order valence-electron chi connectivity index (χ2n) is 1.34. The molecule has 0 fully saturated rings. The number of unbranched alkanes of at least 4 members (excludes halogenated alkanes) is 2. The molecule has 6 heavy (non-hydrogen) atoms. The average Bonchev–Trinajstić information content (AvgIpc) is 1.61.